The maximum absolute atomic E-state index is 5.87. The summed E-state index contributed by atoms with van der Waals surface area (Å²) in [5, 5.41) is 0.272. The molecule has 0 unspecified atom stereocenters. The van der Waals surface area contributed by atoms with Crippen molar-refractivity contribution in [2.24, 2.45) is 0 Å². The number of para-hydroxylation sites is 1. The number of aryl methyl sites for hydroxylation is 1. The summed E-state index contributed by atoms with van der Waals surface area (Å²) in [5.74, 6) is 1.11. The molecule has 4 heteroatoms. The fourth-order valence-corrected chi connectivity index (χ4v) is 1.52. The molecule has 16 heavy (non-hydrogen) atoms. The molecular weight excluding hydrogens is 224 g/mol. The zero-order valence-corrected chi connectivity index (χ0v) is 9.61. The van der Waals surface area contributed by atoms with Crippen LogP contribution < -0.4 is 4.74 Å². The number of halogens is 1. The molecule has 0 spiro atoms. The SMILES string of the molecule is CCc1ccccc1Oc1nccnc1Cl. The Kier molecular flexibility index (Phi) is 3.37. The molecule has 0 aliphatic carbocycles. The van der Waals surface area contributed by atoms with Crippen molar-refractivity contribution in [2.45, 2.75) is 13.3 Å². The average Bonchev–Trinajstić information content (AvgIpc) is 2.33. The summed E-state index contributed by atoms with van der Waals surface area (Å²) in [4.78, 5) is 7.94. The number of hydrogen-bond acceptors (Lipinski definition) is 3. The van der Waals surface area contributed by atoms with Crippen LogP contribution in [0.4, 0.5) is 0 Å². The lowest BCUT2D eigenvalue weighted by Crippen LogP contribution is -1.93. The van der Waals surface area contributed by atoms with Crippen LogP contribution >= 0.6 is 11.6 Å². The summed E-state index contributed by atoms with van der Waals surface area (Å²) in [6.45, 7) is 2.07. The van der Waals surface area contributed by atoms with Gasteiger partial charge in [-0.3, -0.25) is 0 Å². The van der Waals surface area contributed by atoms with Crippen LogP contribution in [0.3, 0.4) is 0 Å². The van der Waals surface area contributed by atoms with Gasteiger partial charge in [-0.25, -0.2) is 9.97 Å². The zero-order chi connectivity index (χ0) is 11.4. The van der Waals surface area contributed by atoms with Gasteiger partial charge in [0.25, 0.3) is 5.88 Å². The van der Waals surface area contributed by atoms with Gasteiger partial charge in [-0.2, -0.15) is 0 Å². The van der Waals surface area contributed by atoms with Crippen LogP contribution in [0, 0.1) is 0 Å². The first kappa shape index (κ1) is 10.9. The molecule has 1 aromatic carbocycles. The minimum atomic E-state index is 0.272. The summed E-state index contributed by atoms with van der Waals surface area (Å²) in [6.07, 6.45) is 3.98. The van der Waals surface area contributed by atoms with E-state index >= 15 is 0 Å². The van der Waals surface area contributed by atoms with Crippen molar-refractivity contribution in [1.29, 1.82) is 0 Å². The van der Waals surface area contributed by atoms with Gasteiger partial charge in [0.15, 0.2) is 5.15 Å². The summed E-state index contributed by atoms with van der Waals surface area (Å²) < 4.78 is 5.63. The molecule has 0 atom stereocenters. The Morgan fingerprint density at radius 3 is 2.69 bits per heavy atom. The van der Waals surface area contributed by atoms with Gasteiger partial charge >= 0.3 is 0 Å². The fourth-order valence-electron chi connectivity index (χ4n) is 1.38. The molecule has 0 fully saturated rings. The largest absolute Gasteiger partial charge is 0.436 e. The second-order valence-corrected chi connectivity index (χ2v) is 3.57. The van der Waals surface area contributed by atoms with Crippen molar-refractivity contribution in [3.63, 3.8) is 0 Å². The quantitative estimate of drug-likeness (QED) is 0.816. The van der Waals surface area contributed by atoms with Gasteiger partial charge in [-0.15, -0.1) is 0 Å². The van der Waals surface area contributed by atoms with Gasteiger partial charge in [0.1, 0.15) is 5.75 Å². The van der Waals surface area contributed by atoms with Gasteiger partial charge in [0, 0.05) is 12.4 Å². The van der Waals surface area contributed by atoms with Crippen LogP contribution in [0.25, 0.3) is 0 Å². The van der Waals surface area contributed by atoms with Crippen molar-refractivity contribution < 1.29 is 4.74 Å². The van der Waals surface area contributed by atoms with E-state index in [0.29, 0.717) is 5.88 Å². The Hall–Kier alpha value is -1.61. The van der Waals surface area contributed by atoms with Gasteiger partial charge in [-0.05, 0) is 18.1 Å². The Bertz CT molecular complexity index is 488. The number of rotatable bonds is 3. The molecule has 0 amide bonds. The summed E-state index contributed by atoms with van der Waals surface area (Å²) in [6, 6.07) is 7.80. The molecule has 82 valence electrons. The zero-order valence-electron chi connectivity index (χ0n) is 8.85. The average molecular weight is 235 g/mol. The Balaban J connectivity index is 2.30. The van der Waals surface area contributed by atoms with Crippen molar-refractivity contribution in [3.8, 4) is 11.6 Å². The molecule has 0 aliphatic rings. The first-order valence-electron chi connectivity index (χ1n) is 5.03. The lowest BCUT2D eigenvalue weighted by Gasteiger charge is -2.08. The monoisotopic (exact) mass is 234 g/mol. The van der Waals surface area contributed by atoms with Crippen LogP contribution in [0.2, 0.25) is 5.15 Å². The number of ether oxygens (including phenoxy) is 1. The van der Waals surface area contributed by atoms with E-state index in [2.05, 4.69) is 16.9 Å². The Labute approximate surface area is 99.1 Å². The van der Waals surface area contributed by atoms with Crippen molar-refractivity contribution in [3.05, 3.63) is 47.4 Å². The second-order valence-electron chi connectivity index (χ2n) is 3.22. The van der Waals surface area contributed by atoms with Crippen molar-refractivity contribution in [2.75, 3.05) is 0 Å². The van der Waals surface area contributed by atoms with E-state index in [-0.39, 0.29) is 5.15 Å². The molecule has 2 rings (SSSR count). The highest BCUT2D eigenvalue weighted by Crippen LogP contribution is 2.27. The van der Waals surface area contributed by atoms with Gasteiger partial charge in [0.2, 0.25) is 0 Å². The molecule has 2 aromatic rings. The number of aromatic nitrogens is 2. The molecule has 0 saturated carbocycles. The third-order valence-corrected chi connectivity index (χ3v) is 2.44. The van der Waals surface area contributed by atoms with E-state index in [1.165, 1.54) is 6.20 Å². The van der Waals surface area contributed by atoms with Gasteiger partial charge in [0.05, 0.1) is 0 Å². The third kappa shape index (κ3) is 2.31. The van der Waals surface area contributed by atoms with Gasteiger partial charge in [-0.1, -0.05) is 36.7 Å². The fraction of sp³-hybridized carbons (Fsp3) is 0.167. The molecular formula is C12H11ClN2O. The standard InChI is InChI=1S/C12H11ClN2O/c1-2-9-5-3-4-6-10(9)16-12-11(13)14-7-8-15-12/h3-8H,2H2,1H3. The molecule has 0 aliphatic heterocycles. The van der Waals surface area contributed by atoms with Crippen LogP contribution in [-0.4, -0.2) is 9.97 Å². The minimum absolute atomic E-state index is 0.272. The summed E-state index contributed by atoms with van der Waals surface area (Å²) >= 11 is 5.87. The van der Waals surface area contributed by atoms with Crippen LogP contribution in [0.1, 0.15) is 12.5 Å². The molecule has 0 bridgehead atoms. The summed E-state index contributed by atoms with van der Waals surface area (Å²) in [7, 11) is 0. The van der Waals surface area contributed by atoms with E-state index in [0.717, 1.165) is 17.7 Å². The van der Waals surface area contributed by atoms with E-state index in [9.17, 15) is 0 Å². The Morgan fingerprint density at radius 2 is 1.94 bits per heavy atom. The number of nitrogens with zero attached hydrogens (tertiary/aromatic N) is 2. The molecule has 1 aromatic heterocycles. The van der Waals surface area contributed by atoms with Gasteiger partial charge < -0.3 is 4.74 Å². The maximum Gasteiger partial charge on any atom is 0.257 e. The highest BCUT2D eigenvalue weighted by Gasteiger charge is 2.07. The molecule has 0 saturated heterocycles. The van der Waals surface area contributed by atoms with Crippen LogP contribution in [0.5, 0.6) is 11.6 Å². The molecule has 1 heterocycles. The predicted octanol–water partition coefficient (Wildman–Crippen LogP) is 3.48. The first-order chi connectivity index (χ1) is 7.81. The predicted molar refractivity (Wildman–Crippen MR) is 62.9 cm³/mol. The molecule has 0 radical (unpaired) electrons. The molecule has 3 nitrogen and oxygen atoms in total. The molecule has 0 N–H and O–H groups in total. The lowest BCUT2D eigenvalue weighted by molar-refractivity contribution is 0.455. The summed E-state index contributed by atoms with van der Waals surface area (Å²) in [5.41, 5.74) is 1.12. The Morgan fingerprint density at radius 1 is 1.19 bits per heavy atom. The highest BCUT2D eigenvalue weighted by molar-refractivity contribution is 6.30. The maximum atomic E-state index is 5.87. The van der Waals surface area contributed by atoms with E-state index < -0.39 is 0 Å². The topological polar surface area (TPSA) is 35.0 Å². The smallest absolute Gasteiger partial charge is 0.257 e. The minimum Gasteiger partial charge on any atom is -0.436 e. The lowest BCUT2D eigenvalue weighted by atomic mass is 10.1. The number of benzene rings is 1. The van der Waals surface area contributed by atoms with Crippen LogP contribution in [0.15, 0.2) is 36.7 Å². The highest BCUT2D eigenvalue weighted by atomic mass is 35.5. The number of hydrogen-bond donors (Lipinski definition) is 0. The third-order valence-electron chi connectivity index (χ3n) is 2.18. The first-order valence-corrected chi connectivity index (χ1v) is 5.41. The van der Waals surface area contributed by atoms with Crippen molar-refractivity contribution in [1.82, 2.24) is 9.97 Å². The van der Waals surface area contributed by atoms with Crippen LogP contribution in [-0.2, 0) is 6.42 Å². The van der Waals surface area contributed by atoms with E-state index in [1.807, 2.05) is 24.3 Å². The van der Waals surface area contributed by atoms with Crippen molar-refractivity contribution >= 4 is 11.6 Å². The normalized spacial score (nSPS) is 10.1. The second kappa shape index (κ2) is 4.94. The van der Waals surface area contributed by atoms with E-state index in [1.54, 1.807) is 6.20 Å². The van der Waals surface area contributed by atoms with E-state index in [4.69, 9.17) is 16.3 Å².